The first kappa shape index (κ1) is 15.7. The van der Waals surface area contributed by atoms with Crippen LogP contribution in [0.4, 0.5) is 0 Å². The third-order valence-electron chi connectivity index (χ3n) is 5.59. The number of rotatable bonds is 6. The first-order valence-corrected chi connectivity index (χ1v) is 8.94. The van der Waals surface area contributed by atoms with E-state index in [4.69, 9.17) is 4.74 Å². The summed E-state index contributed by atoms with van der Waals surface area (Å²) in [4.78, 5) is 11.4. The Morgan fingerprint density at radius 1 is 1.08 bits per heavy atom. The lowest BCUT2D eigenvalue weighted by atomic mass is 9.81. The van der Waals surface area contributed by atoms with Gasteiger partial charge in [-0.25, -0.2) is 0 Å². The Morgan fingerprint density at radius 2 is 1.88 bits per heavy atom. The molecule has 3 heterocycles. The molecule has 0 amide bonds. The molecule has 0 unspecified atom stereocenters. The van der Waals surface area contributed by atoms with Crippen LogP contribution < -0.4 is 0 Å². The van der Waals surface area contributed by atoms with E-state index in [0.29, 0.717) is 12.0 Å². The van der Waals surface area contributed by atoms with E-state index in [-0.39, 0.29) is 0 Å². The summed E-state index contributed by atoms with van der Waals surface area (Å²) in [6.07, 6.45) is 7.69. The fourth-order valence-electron chi connectivity index (χ4n) is 4.44. The Bertz CT molecular complexity index is 648. The Morgan fingerprint density at radius 3 is 2.62 bits per heavy atom. The normalized spacial score (nSPS) is 26.6. The van der Waals surface area contributed by atoms with Crippen LogP contribution in [0.15, 0.2) is 48.8 Å². The predicted octanol–water partition coefficient (Wildman–Crippen LogP) is 3.30. The van der Waals surface area contributed by atoms with Gasteiger partial charge in [-0.3, -0.25) is 14.9 Å². The van der Waals surface area contributed by atoms with E-state index < -0.39 is 0 Å². The molecule has 4 rings (SSSR count). The minimum atomic E-state index is 0.337. The molecule has 0 radical (unpaired) electrons. The van der Waals surface area contributed by atoms with Gasteiger partial charge < -0.3 is 4.74 Å². The van der Waals surface area contributed by atoms with Gasteiger partial charge >= 0.3 is 0 Å². The maximum atomic E-state index is 6.10. The van der Waals surface area contributed by atoms with Crippen LogP contribution in [-0.2, 0) is 17.9 Å². The summed E-state index contributed by atoms with van der Waals surface area (Å²) in [5.41, 5.74) is 2.53. The molecule has 24 heavy (non-hydrogen) atoms. The zero-order chi connectivity index (χ0) is 16.2. The van der Waals surface area contributed by atoms with Crippen LogP contribution in [0.5, 0.6) is 0 Å². The number of ether oxygens (including phenoxy) is 1. The fourth-order valence-corrected chi connectivity index (χ4v) is 4.44. The van der Waals surface area contributed by atoms with Crippen LogP contribution >= 0.6 is 0 Å². The summed E-state index contributed by atoms with van der Waals surface area (Å²) >= 11 is 0. The predicted molar refractivity (Wildman–Crippen MR) is 93.2 cm³/mol. The molecule has 2 aromatic heterocycles. The summed E-state index contributed by atoms with van der Waals surface area (Å²) in [7, 11) is 0. The number of pyridine rings is 2. The van der Waals surface area contributed by atoms with Crippen molar-refractivity contribution in [1.82, 2.24) is 14.9 Å². The molecule has 2 fully saturated rings. The molecular formula is C20H25N3O. The highest BCUT2D eigenvalue weighted by Gasteiger charge is 2.49. The summed E-state index contributed by atoms with van der Waals surface area (Å²) < 4.78 is 6.10. The Kier molecular flexibility index (Phi) is 4.58. The van der Waals surface area contributed by atoms with Crippen molar-refractivity contribution in [2.24, 2.45) is 11.3 Å². The molecule has 2 atom stereocenters. The number of likely N-dealkylation sites (tertiary alicyclic amines) is 1. The van der Waals surface area contributed by atoms with Crippen molar-refractivity contribution in [3.8, 4) is 0 Å². The molecule has 1 aliphatic heterocycles. The zero-order valence-corrected chi connectivity index (χ0v) is 14.1. The highest BCUT2D eigenvalue weighted by molar-refractivity contribution is 5.07. The van der Waals surface area contributed by atoms with E-state index in [9.17, 15) is 0 Å². The minimum absolute atomic E-state index is 0.337. The zero-order valence-electron chi connectivity index (χ0n) is 14.1. The van der Waals surface area contributed by atoms with E-state index in [1.54, 1.807) is 0 Å². The van der Waals surface area contributed by atoms with Gasteiger partial charge in [0.15, 0.2) is 0 Å². The van der Waals surface area contributed by atoms with Gasteiger partial charge in [0.05, 0.1) is 24.6 Å². The van der Waals surface area contributed by atoms with Crippen LogP contribution in [0.3, 0.4) is 0 Å². The second-order valence-corrected chi connectivity index (χ2v) is 7.26. The lowest BCUT2D eigenvalue weighted by molar-refractivity contribution is 0.0252. The van der Waals surface area contributed by atoms with Crippen molar-refractivity contribution in [2.45, 2.75) is 32.4 Å². The molecule has 0 N–H and O–H groups in total. The lowest BCUT2D eigenvalue weighted by Gasteiger charge is -2.28. The minimum Gasteiger partial charge on any atom is -0.375 e. The van der Waals surface area contributed by atoms with Crippen LogP contribution in [0.25, 0.3) is 0 Å². The Balaban J connectivity index is 1.36. The topological polar surface area (TPSA) is 38.2 Å². The number of hydrogen-bond acceptors (Lipinski definition) is 4. The second-order valence-electron chi connectivity index (χ2n) is 7.26. The van der Waals surface area contributed by atoms with Crippen molar-refractivity contribution >= 4 is 0 Å². The maximum absolute atomic E-state index is 6.10. The molecule has 0 aromatic carbocycles. The second kappa shape index (κ2) is 6.99. The SMILES string of the molecule is c1ccc(COC[C@@]23CCC[C@@H]2CN(Cc2ccccn2)C3)nc1. The number of fused-ring (bicyclic) bond motifs is 1. The molecule has 4 nitrogen and oxygen atoms in total. The van der Waals surface area contributed by atoms with Gasteiger partial charge in [-0.2, -0.15) is 0 Å². The quantitative estimate of drug-likeness (QED) is 0.817. The summed E-state index contributed by atoms with van der Waals surface area (Å²) in [5.74, 6) is 0.768. The van der Waals surface area contributed by atoms with E-state index in [1.165, 1.54) is 31.5 Å². The van der Waals surface area contributed by atoms with Gasteiger partial charge in [-0.1, -0.05) is 18.6 Å². The molecule has 126 valence electrons. The largest absolute Gasteiger partial charge is 0.375 e. The van der Waals surface area contributed by atoms with Gasteiger partial charge in [0.1, 0.15) is 0 Å². The Labute approximate surface area is 143 Å². The molecule has 4 heteroatoms. The Hall–Kier alpha value is -1.78. The van der Waals surface area contributed by atoms with Gasteiger partial charge in [0, 0.05) is 37.4 Å². The first-order valence-electron chi connectivity index (χ1n) is 8.94. The number of aromatic nitrogens is 2. The number of hydrogen-bond donors (Lipinski definition) is 0. The van der Waals surface area contributed by atoms with Crippen LogP contribution in [0.1, 0.15) is 30.7 Å². The standard InChI is InChI=1S/C20H25N3O/c1-3-10-21-18(7-1)13-23-12-17-6-5-9-20(17,15-23)16-24-14-19-8-2-4-11-22-19/h1-4,7-8,10-11,17H,5-6,9,12-16H2/t17-,20+/m1/s1. The molecule has 0 spiro atoms. The average molecular weight is 323 g/mol. The van der Waals surface area contributed by atoms with Crippen LogP contribution in [0, 0.1) is 11.3 Å². The third kappa shape index (κ3) is 3.35. The van der Waals surface area contributed by atoms with E-state index >= 15 is 0 Å². The van der Waals surface area contributed by atoms with Crippen molar-refractivity contribution < 1.29 is 4.74 Å². The van der Waals surface area contributed by atoms with E-state index in [2.05, 4.69) is 27.0 Å². The summed E-state index contributed by atoms with van der Waals surface area (Å²) in [5, 5.41) is 0. The average Bonchev–Trinajstić information content (AvgIpc) is 3.13. The van der Waals surface area contributed by atoms with Gasteiger partial charge in [0.2, 0.25) is 0 Å². The van der Waals surface area contributed by atoms with E-state index in [0.717, 1.165) is 31.3 Å². The van der Waals surface area contributed by atoms with E-state index in [1.807, 2.05) is 36.7 Å². The smallest absolute Gasteiger partial charge is 0.0888 e. The van der Waals surface area contributed by atoms with Crippen LogP contribution in [-0.4, -0.2) is 34.6 Å². The van der Waals surface area contributed by atoms with Crippen molar-refractivity contribution in [1.29, 1.82) is 0 Å². The molecule has 1 aliphatic carbocycles. The van der Waals surface area contributed by atoms with Gasteiger partial charge in [-0.15, -0.1) is 0 Å². The maximum Gasteiger partial charge on any atom is 0.0888 e. The highest BCUT2D eigenvalue weighted by Crippen LogP contribution is 2.49. The third-order valence-corrected chi connectivity index (χ3v) is 5.59. The molecular weight excluding hydrogens is 298 g/mol. The summed E-state index contributed by atoms with van der Waals surface area (Å²) in [6, 6.07) is 12.2. The molecule has 2 aliphatic rings. The monoisotopic (exact) mass is 323 g/mol. The highest BCUT2D eigenvalue weighted by atomic mass is 16.5. The lowest BCUT2D eigenvalue weighted by Crippen LogP contribution is -2.32. The van der Waals surface area contributed by atoms with Gasteiger partial charge in [-0.05, 0) is 43.0 Å². The van der Waals surface area contributed by atoms with Crippen molar-refractivity contribution in [2.75, 3.05) is 19.7 Å². The first-order chi connectivity index (χ1) is 11.8. The number of nitrogens with zero attached hydrogens (tertiary/aromatic N) is 3. The molecule has 1 saturated carbocycles. The summed E-state index contributed by atoms with van der Waals surface area (Å²) in [6.45, 7) is 4.75. The fraction of sp³-hybridized carbons (Fsp3) is 0.500. The van der Waals surface area contributed by atoms with Crippen molar-refractivity contribution in [3.63, 3.8) is 0 Å². The van der Waals surface area contributed by atoms with Crippen LogP contribution in [0.2, 0.25) is 0 Å². The van der Waals surface area contributed by atoms with Gasteiger partial charge in [0.25, 0.3) is 0 Å². The molecule has 0 bridgehead atoms. The molecule has 2 aromatic rings. The molecule has 1 saturated heterocycles. The van der Waals surface area contributed by atoms with Crippen molar-refractivity contribution in [3.05, 3.63) is 60.2 Å².